The molecule has 4 N–H and O–H groups in total. The predicted octanol–water partition coefficient (Wildman–Crippen LogP) is 0.258. The summed E-state index contributed by atoms with van der Waals surface area (Å²) >= 11 is 0. The van der Waals surface area contributed by atoms with Gasteiger partial charge in [0.25, 0.3) is 5.91 Å². The fourth-order valence-corrected chi connectivity index (χ4v) is 1.78. The number of hydrogen-bond donors (Lipinski definition) is 3. The summed E-state index contributed by atoms with van der Waals surface area (Å²) in [4.78, 5) is 10.8. The van der Waals surface area contributed by atoms with Crippen LogP contribution in [-0.2, 0) is 11.3 Å². The quantitative estimate of drug-likeness (QED) is 0.536. The van der Waals surface area contributed by atoms with Crippen molar-refractivity contribution in [2.24, 2.45) is 5.73 Å². The van der Waals surface area contributed by atoms with Crippen molar-refractivity contribution in [3.8, 4) is 11.5 Å². The second-order valence-electron chi connectivity index (χ2n) is 4.34. The topological polar surface area (TPSA) is 85.6 Å². The van der Waals surface area contributed by atoms with Crippen molar-refractivity contribution >= 4 is 5.91 Å². The largest absolute Gasteiger partial charge is 0.493 e. The minimum absolute atomic E-state index is 0.160. The number of nitrogens with one attached hydrogen (secondary N) is 2. The van der Waals surface area contributed by atoms with Gasteiger partial charge in [-0.05, 0) is 32.6 Å². The van der Waals surface area contributed by atoms with Gasteiger partial charge in [-0.1, -0.05) is 12.1 Å². The first-order valence-electron chi connectivity index (χ1n) is 6.61. The van der Waals surface area contributed by atoms with Gasteiger partial charge in [-0.15, -0.1) is 0 Å². The molecule has 1 amide bonds. The lowest BCUT2D eigenvalue weighted by atomic mass is 10.2. The third kappa shape index (κ3) is 5.46. The molecule has 0 saturated carbocycles. The first-order valence-corrected chi connectivity index (χ1v) is 6.61. The van der Waals surface area contributed by atoms with Crippen molar-refractivity contribution < 1.29 is 14.3 Å². The highest BCUT2D eigenvalue weighted by atomic mass is 16.5. The number of carbonyl (C=O) groups excluding carboxylic acids is 1. The van der Waals surface area contributed by atoms with E-state index < -0.39 is 5.91 Å². The number of hydrogen-bond acceptors (Lipinski definition) is 5. The van der Waals surface area contributed by atoms with E-state index in [2.05, 4.69) is 10.6 Å². The van der Waals surface area contributed by atoms with Crippen molar-refractivity contribution in [3.05, 3.63) is 23.8 Å². The Hall–Kier alpha value is -1.79. The lowest BCUT2D eigenvalue weighted by Gasteiger charge is -2.14. The maximum atomic E-state index is 10.8. The molecule has 0 spiro atoms. The molecule has 20 heavy (non-hydrogen) atoms. The molecule has 0 aliphatic heterocycles. The van der Waals surface area contributed by atoms with Crippen molar-refractivity contribution in [1.82, 2.24) is 10.6 Å². The summed E-state index contributed by atoms with van der Waals surface area (Å²) in [6.45, 7) is 2.35. The molecular formula is C14H23N3O3. The van der Waals surface area contributed by atoms with Crippen LogP contribution in [0.5, 0.6) is 11.5 Å². The molecule has 6 nitrogen and oxygen atoms in total. The fraction of sp³-hybridized carbons (Fsp3) is 0.500. The van der Waals surface area contributed by atoms with Crippen LogP contribution in [0.3, 0.4) is 0 Å². The van der Waals surface area contributed by atoms with E-state index >= 15 is 0 Å². The van der Waals surface area contributed by atoms with Crippen LogP contribution in [-0.4, -0.2) is 39.8 Å². The lowest BCUT2D eigenvalue weighted by Crippen LogP contribution is -2.22. The Morgan fingerprint density at radius 2 is 2.15 bits per heavy atom. The molecule has 0 radical (unpaired) electrons. The fourth-order valence-electron chi connectivity index (χ4n) is 1.78. The summed E-state index contributed by atoms with van der Waals surface area (Å²) in [6, 6.07) is 5.62. The third-order valence-corrected chi connectivity index (χ3v) is 2.73. The molecule has 0 bridgehead atoms. The van der Waals surface area contributed by atoms with Crippen molar-refractivity contribution in [2.45, 2.75) is 13.0 Å². The van der Waals surface area contributed by atoms with Gasteiger partial charge < -0.3 is 25.8 Å². The first kappa shape index (κ1) is 16.3. The highest BCUT2D eigenvalue weighted by Crippen LogP contribution is 2.30. The van der Waals surface area contributed by atoms with E-state index in [1.165, 1.54) is 0 Å². The number of ether oxygens (including phenoxy) is 2. The molecule has 112 valence electrons. The standard InChI is InChI=1S/C14H23N3O3/c1-16-7-4-8-17-9-11-5-3-6-12(19-2)14(11)20-10-13(15)18/h3,5-6,16-17H,4,7-10H2,1-2H3,(H2,15,18). The van der Waals surface area contributed by atoms with Gasteiger partial charge in [0.05, 0.1) is 7.11 Å². The lowest BCUT2D eigenvalue weighted by molar-refractivity contribution is -0.119. The van der Waals surface area contributed by atoms with E-state index in [1.54, 1.807) is 13.2 Å². The summed E-state index contributed by atoms with van der Waals surface area (Å²) in [5, 5.41) is 6.42. The number of methoxy groups -OCH3 is 1. The first-order chi connectivity index (χ1) is 9.69. The molecule has 0 aromatic heterocycles. The van der Waals surface area contributed by atoms with Crippen molar-refractivity contribution in [2.75, 3.05) is 33.9 Å². The molecule has 0 heterocycles. The molecular weight excluding hydrogens is 258 g/mol. The molecule has 1 aromatic rings. The van der Waals surface area contributed by atoms with E-state index in [9.17, 15) is 4.79 Å². The summed E-state index contributed by atoms with van der Waals surface area (Å²) < 4.78 is 10.7. The van der Waals surface area contributed by atoms with Gasteiger partial charge in [0, 0.05) is 12.1 Å². The van der Waals surface area contributed by atoms with Gasteiger partial charge in [-0.3, -0.25) is 4.79 Å². The second-order valence-corrected chi connectivity index (χ2v) is 4.34. The average Bonchev–Trinajstić information content (AvgIpc) is 2.45. The smallest absolute Gasteiger partial charge is 0.255 e. The number of primary amides is 1. The molecule has 0 saturated heterocycles. The summed E-state index contributed by atoms with van der Waals surface area (Å²) in [7, 11) is 3.49. The van der Waals surface area contributed by atoms with Gasteiger partial charge in [0.1, 0.15) is 0 Å². The maximum absolute atomic E-state index is 10.8. The maximum Gasteiger partial charge on any atom is 0.255 e. The van der Waals surface area contributed by atoms with E-state index in [1.807, 2.05) is 19.2 Å². The van der Waals surface area contributed by atoms with Gasteiger partial charge >= 0.3 is 0 Å². The Balaban J connectivity index is 2.65. The average molecular weight is 281 g/mol. The molecule has 0 aliphatic carbocycles. The van der Waals surface area contributed by atoms with Crippen LogP contribution in [0.4, 0.5) is 0 Å². The predicted molar refractivity (Wildman–Crippen MR) is 77.9 cm³/mol. The third-order valence-electron chi connectivity index (χ3n) is 2.73. The Bertz CT molecular complexity index is 424. The summed E-state index contributed by atoms with van der Waals surface area (Å²) in [5.74, 6) is 0.652. The number of para-hydroxylation sites is 1. The van der Waals surface area contributed by atoms with Crippen LogP contribution in [0.2, 0.25) is 0 Å². The molecule has 1 aromatic carbocycles. The van der Waals surface area contributed by atoms with Gasteiger partial charge in [0.2, 0.25) is 0 Å². The zero-order chi connectivity index (χ0) is 14.8. The number of nitrogens with two attached hydrogens (primary N) is 1. The second kappa shape index (κ2) is 9.17. The molecule has 0 atom stereocenters. The van der Waals surface area contributed by atoms with E-state index in [4.69, 9.17) is 15.2 Å². The van der Waals surface area contributed by atoms with Crippen LogP contribution >= 0.6 is 0 Å². The van der Waals surface area contributed by atoms with Gasteiger partial charge in [0.15, 0.2) is 18.1 Å². The van der Waals surface area contributed by atoms with E-state index in [0.29, 0.717) is 18.0 Å². The van der Waals surface area contributed by atoms with E-state index in [0.717, 1.165) is 25.1 Å². The van der Waals surface area contributed by atoms with Crippen LogP contribution < -0.4 is 25.8 Å². The highest BCUT2D eigenvalue weighted by molar-refractivity contribution is 5.75. The van der Waals surface area contributed by atoms with Crippen molar-refractivity contribution in [3.63, 3.8) is 0 Å². The van der Waals surface area contributed by atoms with Crippen LogP contribution in [0, 0.1) is 0 Å². The van der Waals surface area contributed by atoms with E-state index in [-0.39, 0.29) is 6.61 Å². The molecule has 0 fully saturated rings. The molecule has 6 heteroatoms. The Kier molecular flexibility index (Phi) is 7.46. The van der Waals surface area contributed by atoms with Crippen LogP contribution in [0.25, 0.3) is 0 Å². The molecule has 0 aliphatic rings. The SMILES string of the molecule is CNCCCNCc1cccc(OC)c1OCC(N)=O. The highest BCUT2D eigenvalue weighted by Gasteiger charge is 2.11. The number of amides is 1. The van der Waals surface area contributed by atoms with Gasteiger partial charge in [-0.25, -0.2) is 0 Å². The van der Waals surface area contributed by atoms with Crippen molar-refractivity contribution in [1.29, 1.82) is 0 Å². The normalized spacial score (nSPS) is 10.3. The minimum Gasteiger partial charge on any atom is -0.493 e. The zero-order valence-electron chi connectivity index (χ0n) is 12.1. The number of carbonyl (C=O) groups is 1. The Morgan fingerprint density at radius 3 is 2.80 bits per heavy atom. The Morgan fingerprint density at radius 1 is 1.35 bits per heavy atom. The number of benzene rings is 1. The van der Waals surface area contributed by atoms with Crippen LogP contribution in [0.1, 0.15) is 12.0 Å². The summed E-state index contributed by atoms with van der Waals surface area (Å²) in [5.41, 5.74) is 6.05. The van der Waals surface area contributed by atoms with Gasteiger partial charge in [-0.2, -0.15) is 0 Å². The van der Waals surface area contributed by atoms with Crippen LogP contribution in [0.15, 0.2) is 18.2 Å². The monoisotopic (exact) mass is 281 g/mol. The number of rotatable bonds is 10. The molecule has 0 unspecified atom stereocenters. The molecule has 1 rings (SSSR count). The zero-order valence-corrected chi connectivity index (χ0v) is 12.1. The minimum atomic E-state index is -0.510. The summed E-state index contributed by atoms with van der Waals surface area (Å²) in [6.07, 6.45) is 1.04. The Labute approximate surface area is 119 Å².